The Morgan fingerprint density at radius 3 is 2.68 bits per heavy atom. The minimum absolute atomic E-state index is 0.391. The van der Waals surface area contributed by atoms with Gasteiger partial charge in [0.05, 0.1) is 5.56 Å². The number of aromatic nitrogens is 1. The standard InChI is InChI=1S/C13H13F3N2S/c1-9-8-19-12(18-9)7-17-6-10-3-2-4-11(5-10)13(14,15)16/h2-5,8,17H,6-7H2,1H3. The molecule has 2 aromatic rings. The van der Waals surface area contributed by atoms with E-state index in [1.165, 1.54) is 23.5 Å². The van der Waals surface area contributed by atoms with E-state index in [1.54, 1.807) is 6.07 Å². The van der Waals surface area contributed by atoms with Crippen molar-refractivity contribution in [1.29, 1.82) is 0 Å². The Morgan fingerprint density at radius 2 is 2.05 bits per heavy atom. The fourth-order valence-corrected chi connectivity index (χ4v) is 2.40. The van der Waals surface area contributed by atoms with E-state index in [-0.39, 0.29) is 0 Å². The zero-order valence-corrected chi connectivity index (χ0v) is 11.1. The normalized spacial score (nSPS) is 11.8. The van der Waals surface area contributed by atoms with Crippen LogP contribution in [0.15, 0.2) is 29.6 Å². The van der Waals surface area contributed by atoms with Gasteiger partial charge in [-0.2, -0.15) is 13.2 Å². The molecule has 0 radical (unpaired) electrons. The molecule has 6 heteroatoms. The molecule has 0 aliphatic rings. The molecular formula is C13H13F3N2S. The SMILES string of the molecule is Cc1csc(CNCc2cccc(C(F)(F)F)c2)n1. The molecule has 0 atom stereocenters. The van der Waals surface area contributed by atoms with Crippen LogP contribution in [-0.4, -0.2) is 4.98 Å². The Labute approximate surface area is 113 Å². The molecule has 1 heterocycles. The van der Waals surface area contributed by atoms with Gasteiger partial charge in [-0.3, -0.25) is 0 Å². The second kappa shape index (κ2) is 5.71. The molecule has 0 unspecified atom stereocenters. The molecule has 0 amide bonds. The van der Waals surface area contributed by atoms with Crippen LogP contribution in [0.2, 0.25) is 0 Å². The average Bonchev–Trinajstić information content (AvgIpc) is 2.74. The second-order valence-electron chi connectivity index (χ2n) is 4.18. The van der Waals surface area contributed by atoms with Crippen molar-refractivity contribution in [3.05, 3.63) is 51.5 Å². The Bertz CT molecular complexity index is 549. The first-order valence-corrected chi connectivity index (χ1v) is 6.61. The van der Waals surface area contributed by atoms with Crippen LogP contribution in [-0.2, 0) is 19.3 Å². The number of alkyl halides is 3. The zero-order valence-electron chi connectivity index (χ0n) is 10.3. The van der Waals surface area contributed by atoms with Crippen LogP contribution in [0.25, 0.3) is 0 Å². The third kappa shape index (κ3) is 4.04. The van der Waals surface area contributed by atoms with Crippen molar-refractivity contribution in [1.82, 2.24) is 10.3 Å². The molecule has 0 saturated carbocycles. The number of hydrogen-bond acceptors (Lipinski definition) is 3. The molecule has 0 saturated heterocycles. The third-order valence-corrected chi connectivity index (χ3v) is 3.49. The smallest absolute Gasteiger partial charge is 0.306 e. The maximum Gasteiger partial charge on any atom is 0.416 e. The topological polar surface area (TPSA) is 24.9 Å². The van der Waals surface area contributed by atoms with Crippen LogP contribution in [0.3, 0.4) is 0 Å². The van der Waals surface area contributed by atoms with E-state index in [4.69, 9.17) is 0 Å². The lowest BCUT2D eigenvalue weighted by atomic mass is 10.1. The van der Waals surface area contributed by atoms with Gasteiger partial charge in [-0.15, -0.1) is 11.3 Å². The van der Waals surface area contributed by atoms with Gasteiger partial charge in [-0.25, -0.2) is 4.98 Å². The highest BCUT2D eigenvalue weighted by atomic mass is 32.1. The van der Waals surface area contributed by atoms with E-state index in [0.717, 1.165) is 16.8 Å². The molecular weight excluding hydrogens is 273 g/mol. The van der Waals surface area contributed by atoms with E-state index in [2.05, 4.69) is 10.3 Å². The molecule has 0 aliphatic carbocycles. The van der Waals surface area contributed by atoms with Crippen molar-refractivity contribution in [2.45, 2.75) is 26.2 Å². The lowest BCUT2D eigenvalue weighted by molar-refractivity contribution is -0.137. The predicted molar refractivity (Wildman–Crippen MR) is 68.8 cm³/mol. The number of benzene rings is 1. The minimum atomic E-state index is -4.29. The second-order valence-corrected chi connectivity index (χ2v) is 5.13. The predicted octanol–water partition coefficient (Wildman–Crippen LogP) is 3.76. The number of rotatable bonds is 4. The number of halogens is 3. The number of nitrogens with one attached hydrogen (secondary N) is 1. The number of thiazole rings is 1. The number of nitrogens with zero attached hydrogens (tertiary/aromatic N) is 1. The summed E-state index contributed by atoms with van der Waals surface area (Å²) in [6, 6.07) is 5.34. The molecule has 0 bridgehead atoms. The van der Waals surface area contributed by atoms with Gasteiger partial charge in [0.2, 0.25) is 0 Å². The van der Waals surface area contributed by atoms with Crippen molar-refractivity contribution in [2.75, 3.05) is 0 Å². The lowest BCUT2D eigenvalue weighted by Crippen LogP contribution is -2.13. The zero-order chi connectivity index (χ0) is 13.9. The van der Waals surface area contributed by atoms with Gasteiger partial charge < -0.3 is 5.32 Å². The van der Waals surface area contributed by atoms with Crippen LogP contribution < -0.4 is 5.32 Å². The summed E-state index contributed by atoms with van der Waals surface area (Å²) in [5.74, 6) is 0. The lowest BCUT2D eigenvalue weighted by Gasteiger charge is -2.09. The Morgan fingerprint density at radius 1 is 1.26 bits per heavy atom. The minimum Gasteiger partial charge on any atom is -0.306 e. The summed E-state index contributed by atoms with van der Waals surface area (Å²) in [5, 5.41) is 5.97. The molecule has 0 fully saturated rings. The van der Waals surface area contributed by atoms with E-state index in [9.17, 15) is 13.2 Å². The average molecular weight is 286 g/mol. The fraction of sp³-hybridized carbons (Fsp3) is 0.308. The van der Waals surface area contributed by atoms with Crippen LogP contribution in [0, 0.1) is 6.92 Å². The molecule has 102 valence electrons. The molecule has 19 heavy (non-hydrogen) atoms. The van der Waals surface area contributed by atoms with Gasteiger partial charge in [0.25, 0.3) is 0 Å². The van der Waals surface area contributed by atoms with Crippen LogP contribution in [0.1, 0.15) is 21.8 Å². The van der Waals surface area contributed by atoms with E-state index < -0.39 is 11.7 Å². The molecule has 0 spiro atoms. The van der Waals surface area contributed by atoms with Crippen molar-refractivity contribution in [3.63, 3.8) is 0 Å². The van der Waals surface area contributed by atoms with Gasteiger partial charge in [0.15, 0.2) is 0 Å². The summed E-state index contributed by atoms with van der Waals surface area (Å²) >= 11 is 1.54. The highest BCUT2D eigenvalue weighted by molar-refractivity contribution is 7.09. The van der Waals surface area contributed by atoms with E-state index in [1.807, 2.05) is 12.3 Å². The van der Waals surface area contributed by atoms with Gasteiger partial charge in [0.1, 0.15) is 5.01 Å². The maximum atomic E-state index is 12.5. The van der Waals surface area contributed by atoms with Gasteiger partial charge in [0, 0.05) is 24.2 Å². The quantitative estimate of drug-likeness (QED) is 0.925. The van der Waals surface area contributed by atoms with Gasteiger partial charge >= 0.3 is 6.18 Å². The molecule has 1 N–H and O–H groups in total. The Hall–Kier alpha value is -1.40. The van der Waals surface area contributed by atoms with Crippen molar-refractivity contribution in [2.24, 2.45) is 0 Å². The monoisotopic (exact) mass is 286 g/mol. The van der Waals surface area contributed by atoms with Gasteiger partial charge in [-0.1, -0.05) is 18.2 Å². The first-order chi connectivity index (χ1) is 8.95. The maximum absolute atomic E-state index is 12.5. The molecule has 1 aromatic carbocycles. The van der Waals surface area contributed by atoms with Crippen molar-refractivity contribution in [3.8, 4) is 0 Å². The summed E-state index contributed by atoms with van der Waals surface area (Å²) < 4.78 is 37.6. The number of hydrogen-bond donors (Lipinski definition) is 1. The molecule has 0 aliphatic heterocycles. The van der Waals surface area contributed by atoms with Crippen LogP contribution in [0.5, 0.6) is 0 Å². The largest absolute Gasteiger partial charge is 0.416 e. The summed E-state index contributed by atoms with van der Waals surface area (Å²) in [6.45, 7) is 2.87. The van der Waals surface area contributed by atoms with Crippen LogP contribution in [0.4, 0.5) is 13.2 Å². The Balaban J connectivity index is 1.93. The first-order valence-electron chi connectivity index (χ1n) is 5.73. The summed E-state index contributed by atoms with van der Waals surface area (Å²) in [6.07, 6.45) is -4.29. The summed E-state index contributed by atoms with van der Waals surface area (Å²) in [5.41, 5.74) is 0.959. The van der Waals surface area contributed by atoms with E-state index in [0.29, 0.717) is 18.7 Å². The van der Waals surface area contributed by atoms with Crippen LogP contribution >= 0.6 is 11.3 Å². The van der Waals surface area contributed by atoms with Crippen molar-refractivity contribution >= 4 is 11.3 Å². The Kier molecular flexibility index (Phi) is 4.21. The highest BCUT2D eigenvalue weighted by Gasteiger charge is 2.30. The third-order valence-electron chi connectivity index (χ3n) is 2.53. The van der Waals surface area contributed by atoms with Gasteiger partial charge in [-0.05, 0) is 18.6 Å². The van der Waals surface area contributed by atoms with E-state index >= 15 is 0 Å². The molecule has 2 nitrogen and oxygen atoms in total. The molecule has 1 aromatic heterocycles. The summed E-state index contributed by atoms with van der Waals surface area (Å²) in [7, 11) is 0. The molecule has 2 rings (SSSR count). The van der Waals surface area contributed by atoms with Crippen molar-refractivity contribution < 1.29 is 13.2 Å². The highest BCUT2D eigenvalue weighted by Crippen LogP contribution is 2.29. The first kappa shape index (κ1) is 14.0. The summed E-state index contributed by atoms with van der Waals surface area (Å²) in [4.78, 5) is 4.27. The fourth-order valence-electron chi connectivity index (χ4n) is 1.66. The number of aryl methyl sites for hydroxylation is 1.